The van der Waals surface area contributed by atoms with Gasteiger partial charge in [0.05, 0.1) is 11.0 Å². The Morgan fingerprint density at radius 3 is 2.13 bits per heavy atom. The summed E-state index contributed by atoms with van der Waals surface area (Å²) in [7, 11) is 0. The zero-order chi connectivity index (χ0) is 36.3. The maximum atomic E-state index is 5.13. The van der Waals surface area contributed by atoms with Crippen molar-refractivity contribution in [2.24, 2.45) is 0 Å². The summed E-state index contributed by atoms with van der Waals surface area (Å²) in [5, 5.41) is 8.00. The van der Waals surface area contributed by atoms with Crippen LogP contribution in [0.4, 0.5) is 0 Å². The van der Waals surface area contributed by atoms with E-state index < -0.39 is 0 Å². The molecule has 0 bridgehead atoms. The third-order valence-electron chi connectivity index (χ3n) is 11.8. The minimum atomic E-state index is 0.281. The Kier molecular flexibility index (Phi) is 7.48. The molecular formula is C53H38N2. The molecule has 0 radical (unpaired) electrons. The van der Waals surface area contributed by atoms with Gasteiger partial charge in [0.15, 0.2) is 0 Å². The van der Waals surface area contributed by atoms with Crippen LogP contribution >= 0.6 is 0 Å². The van der Waals surface area contributed by atoms with E-state index in [2.05, 4.69) is 193 Å². The molecule has 2 aliphatic carbocycles. The highest BCUT2D eigenvalue weighted by Crippen LogP contribution is 2.38. The van der Waals surface area contributed by atoms with Crippen LogP contribution in [0.5, 0.6) is 0 Å². The van der Waals surface area contributed by atoms with Crippen molar-refractivity contribution < 1.29 is 0 Å². The normalized spacial score (nSPS) is 14.7. The second-order valence-corrected chi connectivity index (χ2v) is 15.0. The van der Waals surface area contributed by atoms with Crippen LogP contribution < -0.4 is 10.4 Å². The highest BCUT2D eigenvalue weighted by atomic mass is 15.1. The van der Waals surface area contributed by atoms with E-state index in [-0.39, 0.29) is 5.92 Å². The topological polar surface area (TPSA) is 17.8 Å². The van der Waals surface area contributed by atoms with Gasteiger partial charge in [0.1, 0.15) is 5.82 Å². The van der Waals surface area contributed by atoms with Crippen molar-refractivity contribution in [2.75, 3.05) is 0 Å². The minimum absolute atomic E-state index is 0.281. The van der Waals surface area contributed by atoms with E-state index in [9.17, 15) is 0 Å². The van der Waals surface area contributed by atoms with Crippen molar-refractivity contribution in [1.82, 2.24) is 9.55 Å². The van der Waals surface area contributed by atoms with Crippen molar-refractivity contribution in [3.05, 3.63) is 197 Å². The molecule has 8 aromatic carbocycles. The highest BCUT2D eigenvalue weighted by molar-refractivity contribution is 6.03. The van der Waals surface area contributed by atoms with E-state index in [0.717, 1.165) is 47.4 Å². The summed E-state index contributed by atoms with van der Waals surface area (Å²) in [4.78, 5) is 5.13. The van der Waals surface area contributed by atoms with Crippen LogP contribution in [-0.4, -0.2) is 9.55 Å². The maximum absolute atomic E-state index is 5.13. The van der Waals surface area contributed by atoms with Crippen LogP contribution in [0.2, 0.25) is 0 Å². The number of rotatable bonds is 5. The molecule has 1 aromatic heterocycles. The van der Waals surface area contributed by atoms with Crippen LogP contribution in [-0.2, 0) is 6.42 Å². The van der Waals surface area contributed by atoms with Crippen LogP contribution in [0.25, 0.3) is 90.1 Å². The van der Waals surface area contributed by atoms with Gasteiger partial charge in [-0.1, -0.05) is 152 Å². The highest BCUT2D eigenvalue weighted by Gasteiger charge is 2.23. The summed E-state index contributed by atoms with van der Waals surface area (Å²) in [6, 6.07) is 59.7. The SMILES string of the molecule is C1=CC(c2c3c(c(-c4ccc5ccccc5c4)c4ccc(-c5ccc(-c6nc7ccccc7n6-c6ccccc6)cc5)cc24)=CCCC=3)Cc2ccccc21. The lowest BCUT2D eigenvalue weighted by atomic mass is 9.78. The summed E-state index contributed by atoms with van der Waals surface area (Å²) in [5.41, 5.74) is 13.5. The summed E-state index contributed by atoms with van der Waals surface area (Å²) in [6.07, 6.45) is 12.9. The number of nitrogens with zero attached hydrogens (tertiary/aromatic N) is 2. The van der Waals surface area contributed by atoms with Crippen LogP contribution in [0.15, 0.2) is 170 Å². The van der Waals surface area contributed by atoms with E-state index in [1.165, 1.54) is 70.9 Å². The molecule has 2 heteroatoms. The lowest BCUT2D eigenvalue weighted by Crippen LogP contribution is -2.34. The van der Waals surface area contributed by atoms with Gasteiger partial charge in [0.25, 0.3) is 0 Å². The number of allylic oxidation sites excluding steroid dienone is 1. The first kappa shape index (κ1) is 31.7. The van der Waals surface area contributed by atoms with Crippen molar-refractivity contribution in [3.8, 4) is 39.3 Å². The molecule has 2 nitrogen and oxygen atoms in total. The van der Waals surface area contributed by atoms with Gasteiger partial charge in [-0.05, 0) is 127 Å². The average Bonchev–Trinajstić information content (AvgIpc) is 3.65. The van der Waals surface area contributed by atoms with Gasteiger partial charge < -0.3 is 0 Å². The minimum Gasteiger partial charge on any atom is -0.292 e. The van der Waals surface area contributed by atoms with E-state index in [4.69, 9.17) is 4.98 Å². The molecule has 1 heterocycles. The molecule has 0 fully saturated rings. The predicted molar refractivity (Wildman–Crippen MR) is 232 cm³/mol. The van der Waals surface area contributed by atoms with Gasteiger partial charge in [-0.15, -0.1) is 0 Å². The van der Waals surface area contributed by atoms with Gasteiger partial charge in [-0.3, -0.25) is 4.57 Å². The van der Waals surface area contributed by atoms with E-state index in [0.29, 0.717) is 0 Å². The van der Waals surface area contributed by atoms with Crippen molar-refractivity contribution in [3.63, 3.8) is 0 Å². The molecule has 260 valence electrons. The molecular weight excluding hydrogens is 665 g/mol. The zero-order valence-corrected chi connectivity index (χ0v) is 30.5. The first-order chi connectivity index (χ1) is 27.3. The number of imidazole rings is 1. The second-order valence-electron chi connectivity index (χ2n) is 15.0. The molecule has 55 heavy (non-hydrogen) atoms. The van der Waals surface area contributed by atoms with Crippen LogP contribution in [0.3, 0.4) is 0 Å². The molecule has 1 atom stereocenters. The zero-order valence-electron chi connectivity index (χ0n) is 30.5. The average molecular weight is 703 g/mol. The molecule has 0 amide bonds. The quantitative estimate of drug-likeness (QED) is 0.175. The molecule has 0 aliphatic heterocycles. The number of hydrogen-bond donors (Lipinski definition) is 0. The third-order valence-corrected chi connectivity index (χ3v) is 11.8. The number of para-hydroxylation sites is 3. The van der Waals surface area contributed by atoms with Crippen LogP contribution in [0.1, 0.15) is 35.4 Å². The van der Waals surface area contributed by atoms with Crippen LogP contribution in [0, 0.1) is 0 Å². The van der Waals surface area contributed by atoms with Gasteiger partial charge in [0, 0.05) is 17.2 Å². The first-order valence-electron chi connectivity index (χ1n) is 19.5. The standard InChI is InChI=1S/C53H38N2/c1-2-16-44(17-3-1)55-50-21-11-10-20-49(50)54-53(55)38-26-22-37(23-27-38)41-30-31-47-48(34-41)52(43-29-25-36-13-5-7-15-40(36)33-43)46-19-9-8-18-45(46)51(47)42-28-24-35-12-4-6-14-39(35)32-42/h1-7,10-32,34,43H,8-9,33H2. The molecule has 9 aromatic rings. The molecule has 0 saturated carbocycles. The summed E-state index contributed by atoms with van der Waals surface area (Å²) in [6.45, 7) is 0. The third kappa shape index (κ3) is 5.36. The summed E-state index contributed by atoms with van der Waals surface area (Å²) in [5.74, 6) is 1.23. The fraction of sp³-hybridized carbons (Fsp3) is 0.0755. The van der Waals surface area contributed by atoms with Gasteiger partial charge in [-0.25, -0.2) is 4.98 Å². The molecule has 0 saturated heterocycles. The number of benzene rings is 8. The monoisotopic (exact) mass is 702 g/mol. The Morgan fingerprint density at radius 1 is 0.527 bits per heavy atom. The Balaban J connectivity index is 1.10. The Morgan fingerprint density at radius 2 is 1.24 bits per heavy atom. The molecule has 0 N–H and O–H groups in total. The van der Waals surface area contributed by atoms with Crippen molar-refractivity contribution in [2.45, 2.75) is 25.2 Å². The smallest absolute Gasteiger partial charge is 0.145 e. The van der Waals surface area contributed by atoms with E-state index >= 15 is 0 Å². The van der Waals surface area contributed by atoms with Gasteiger partial charge in [0.2, 0.25) is 0 Å². The second kappa shape index (κ2) is 13.0. The maximum Gasteiger partial charge on any atom is 0.145 e. The lowest BCUT2D eigenvalue weighted by molar-refractivity contribution is 0.825. The Labute approximate surface area is 320 Å². The lowest BCUT2D eigenvalue weighted by Gasteiger charge is -2.25. The Bertz CT molecular complexity index is 3110. The largest absolute Gasteiger partial charge is 0.292 e. The number of fused-ring (bicyclic) bond motifs is 5. The van der Waals surface area contributed by atoms with Gasteiger partial charge >= 0.3 is 0 Å². The molecule has 1 unspecified atom stereocenters. The van der Waals surface area contributed by atoms with Crippen molar-refractivity contribution >= 4 is 50.8 Å². The molecule has 0 spiro atoms. The fourth-order valence-corrected chi connectivity index (χ4v) is 9.15. The summed E-state index contributed by atoms with van der Waals surface area (Å²) < 4.78 is 2.27. The van der Waals surface area contributed by atoms with E-state index in [1.807, 2.05) is 0 Å². The van der Waals surface area contributed by atoms with Gasteiger partial charge in [-0.2, -0.15) is 0 Å². The first-order valence-corrected chi connectivity index (χ1v) is 19.5. The van der Waals surface area contributed by atoms with E-state index in [1.54, 1.807) is 0 Å². The molecule has 11 rings (SSSR count). The molecule has 2 aliphatic rings. The summed E-state index contributed by atoms with van der Waals surface area (Å²) >= 11 is 0. The number of aromatic nitrogens is 2. The van der Waals surface area contributed by atoms with Crippen molar-refractivity contribution in [1.29, 1.82) is 0 Å². The fourth-order valence-electron chi connectivity index (χ4n) is 9.15. The number of hydrogen-bond acceptors (Lipinski definition) is 1. The predicted octanol–water partition coefficient (Wildman–Crippen LogP) is 12.0. The Hall–Kier alpha value is -6.77.